The molecule has 1 aromatic heterocycles. The molecule has 2 saturated heterocycles. The minimum Gasteiger partial charge on any atom is -0.352 e. The molecule has 2 aliphatic heterocycles. The van der Waals surface area contributed by atoms with Gasteiger partial charge in [0.1, 0.15) is 0 Å². The van der Waals surface area contributed by atoms with Gasteiger partial charge in [0.05, 0.1) is 5.69 Å². The van der Waals surface area contributed by atoms with Crippen LogP contribution in [0.1, 0.15) is 50.1 Å². The fourth-order valence-electron chi connectivity index (χ4n) is 4.60. The van der Waals surface area contributed by atoms with Gasteiger partial charge in [-0.15, -0.1) is 0 Å². The second kappa shape index (κ2) is 8.89. The number of aromatic nitrogens is 2. The minimum absolute atomic E-state index is 0.780. The number of guanidine groups is 1. The minimum atomic E-state index is 0.780. The number of nitrogens with one attached hydrogen (secondary N) is 1. The van der Waals surface area contributed by atoms with E-state index in [1.807, 2.05) is 11.7 Å². The van der Waals surface area contributed by atoms with Crippen LogP contribution in [0.2, 0.25) is 0 Å². The van der Waals surface area contributed by atoms with Crippen LogP contribution in [-0.2, 0) is 26.4 Å². The van der Waals surface area contributed by atoms with Gasteiger partial charge < -0.3 is 15.1 Å². The summed E-state index contributed by atoms with van der Waals surface area (Å²) in [5.41, 5.74) is 3.89. The molecular weight excluding hydrogens is 324 g/mol. The molecule has 146 valence electrons. The highest BCUT2D eigenvalue weighted by Gasteiger charge is 2.27. The van der Waals surface area contributed by atoms with Gasteiger partial charge in [-0.2, -0.15) is 5.10 Å². The zero-order chi connectivity index (χ0) is 18.5. The Kier molecular flexibility index (Phi) is 6.57. The normalized spacial score (nSPS) is 21.8. The predicted molar refractivity (Wildman–Crippen MR) is 108 cm³/mol. The molecule has 1 aromatic rings. The molecule has 0 saturated carbocycles. The van der Waals surface area contributed by atoms with Crippen molar-refractivity contribution in [2.45, 2.75) is 52.5 Å². The second-order valence-electron chi connectivity index (χ2n) is 7.71. The highest BCUT2D eigenvalue weighted by Crippen LogP contribution is 2.20. The van der Waals surface area contributed by atoms with E-state index in [-0.39, 0.29) is 0 Å². The van der Waals surface area contributed by atoms with Gasteiger partial charge in [0.15, 0.2) is 5.96 Å². The van der Waals surface area contributed by atoms with E-state index in [9.17, 15) is 0 Å². The first-order valence-electron chi connectivity index (χ1n) is 10.4. The van der Waals surface area contributed by atoms with Gasteiger partial charge in [-0.1, -0.05) is 13.8 Å². The summed E-state index contributed by atoms with van der Waals surface area (Å²) in [4.78, 5) is 9.64. The van der Waals surface area contributed by atoms with Crippen LogP contribution in [-0.4, -0.2) is 65.3 Å². The van der Waals surface area contributed by atoms with Gasteiger partial charge in [-0.25, -0.2) is 0 Å². The van der Waals surface area contributed by atoms with E-state index in [1.165, 1.54) is 55.8 Å². The van der Waals surface area contributed by atoms with Crippen molar-refractivity contribution in [3.63, 3.8) is 0 Å². The van der Waals surface area contributed by atoms with Crippen LogP contribution in [0.15, 0.2) is 4.99 Å². The van der Waals surface area contributed by atoms with Crippen LogP contribution in [0, 0.1) is 5.92 Å². The van der Waals surface area contributed by atoms with Crippen molar-refractivity contribution < 1.29 is 0 Å². The molecule has 2 fully saturated rings. The van der Waals surface area contributed by atoms with Crippen molar-refractivity contribution in [3.05, 3.63) is 17.0 Å². The smallest absolute Gasteiger partial charge is 0.193 e. The Balaban J connectivity index is 1.57. The summed E-state index contributed by atoms with van der Waals surface area (Å²) in [7, 11) is 3.96. The first-order chi connectivity index (χ1) is 12.7. The maximum atomic E-state index is 4.69. The van der Waals surface area contributed by atoms with Crippen LogP contribution in [0.5, 0.6) is 0 Å². The van der Waals surface area contributed by atoms with Gasteiger partial charge in [0, 0.05) is 51.5 Å². The van der Waals surface area contributed by atoms with Gasteiger partial charge in [0.25, 0.3) is 0 Å². The molecule has 2 aliphatic rings. The summed E-state index contributed by atoms with van der Waals surface area (Å²) in [5.74, 6) is 1.82. The van der Waals surface area contributed by atoms with E-state index < -0.39 is 0 Å². The molecule has 1 unspecified atom stereocenters. The average molecular weight is 361 g/mol. The molecule has 3 rings (SSSR count). The SMILES string of the molecule is CCc1nn(C)c(CC)c1CNC(=NC)N1CCC(CN2CCCC2)C1. The average Bonchev–Trinajstić information content (AvgIpc) is 3.37. The lowest BCUT2D eigenvalue weighted by Gasteiger charge is -2.23. The number of nitrogens with zero attached hydrogens (tertiary/aromatic N) is 5. The fourth-order valence-corrected chi connectivity index (χ4v) is 4.60. The largest absolute Gasteiger partial charge is 0.352 e. The van der Waals surface area contributed by atoms with E-state index in [2.05, 4.69) is 46.1 Å². The molecule has 0 aromatic carbocycles. The van der Waals surface area contributed by atoms with Crippen molar-refractivity contribution in [2.75, 3.05) is 39.8 Å². The quantitative estimate of drug-likeness (QED) is 0.623. The third-order valence-corrected chi connectivity index (χ3v) is 5.96. The van der Waals surface area contributed by atoms with Crippen LogP contribution in [0.4, 0.5) is 0 Å². The van der Waals surface area contributed by atoms with E-state index >= 15 is 0 Å². The lowest BCUT2D eigenvalue weighted by Crippen LogP contribution is -2.40. The van der Waals surface area contributed by atoms with E-state index in [4.69, 9.17) is 0 Å². The molecule has 0 bridgehead atoms. The molecule has 1 N–H and O–H groups in total. The lowest BCUT2D eigenvalue weighted by molar-refractivity contribution is 0.281. The zero-order valence-corrected chi connectivity index (χ0v) is 17.1. The fraction of sp³-hybridized carbons (Fsp3) is 0.800. The summed E-state index contributed by atoms with van der Waals surface area (Å²) in [6.45, 7) is 11.3. The summed E-state index contributed by atoms with van der Waals surface area (Å²) in [6, 6.07) is 0. The molecule has 0 spiro atoms. The van der Waals surface area contributed by atoms with Gasteiger partial charge in [0.2, 0.25) is 0 Å². The number of rotatable bonds is 6. The molecule has 3 heterocycles. The molecule has 0 radical (unpaired) electrons. The van der Waals surface area contributed by atoms with Crippen LogP contribution in [0.25, 0.3) is 0 Å². The molecular formula is C20H36N6. The molecule has 6 heteroatoms. The van der Waals surface area contributed by atoms with Crippen LogP contribution >= 0.6 is 0 Å². The number of likely N-dealkylation sites (tertiary alicyclic amines) is 2. The Morgan fingerprint density at radius 1 is 1.19 bits per heavy atom. The van der Waals surface area contributed by atoms with Crippen molar-refractivity contribution in [1.29, 1.82) is 0 Å². The summed E-state index contributed by atoms with van der Waals surface area (Å²) >= 11 is 0. The van der Waals surface area contributed by atoms with Crippen LogP contribution < -0.4 is 5.32 Å². The van der Waals surface area contributed by atoms with Gasteiger partial charge in [-0.3, -0.25) is 9.67 Å². The zero-order valence-electron chi connectivity index (χ0n) is 17.1. The number of hydrogen-bond acceptors (Lipinski definition) is 3. The topological polar surface area (TPSA) is 48.7 Å². The van der Waals surface area contributed by atoms with Gasteiger partial charge >= 0.3 is 0 Å². The lowest BCUT2D eigenvalue weighted by atomic mass is 10.1. The maximum absolute atomic E-state index is 4.69. The summed E-state index contributed by atoms with van der Waals surface area (Å²) in [6.07, 6.45) is 6.03. The molecule has 0 amide bonds. The Hall–Kier alpha value is -1.56. The number of hydrogen-bond donors (Lipinski definition) is 1. The van der Waals surface area contributed by atoms with Crippen LogP contribution in [0.3, 0.4) is 0 Å². The standard InChI is InChI=1S/C20H36N6/c1-5-18-17(19(6-2)24(4)23-18)13-22-20(21-3)26-12-9-16(15-26)14-25-10-7-8-11-25/h16H,5-15H2,1-4H3,(H,21,22). The predicted octanol–water partition coefficient (Wildman–Crippen LogP) is 2.04. The first kappa shape index (κ1) is 19.2. The third kappa shape index (κ3) is 4.22. The molecule has 0 aliphatic carbocycles. The van der Waals surface area contributed by atoms with Crippen molar-refractivity contribution in [1.82, 2.24) is 24.9 Å². The first-order valence-corrected chi connectivity index (χ1v) is 10.4. The van der Waals surface area contributed by atoms with E-state index in [0.717, 1.165) is 44.4 Å². The Morgan fingerprint density at radius 3 is 2.62 bits per heavy atom. The number of aryl methyl sites for hydroxylation is 2. The van der Waals surface area contributed by atoms with Crippen molar-refractivity contribution in [3.8, 4) is 0 Å². The maximum Gasteiger partial charge on any atom is 0.193 e. The molecule has 26 heavy (non-hydrogen) atoms. The van der Waals surface area contributed by atoms with E-state index in [1.54, 1.807) is 0 Å². The Labute approximate surface area is 158 Å². The summed E-state index contributed by atoms with van der Waals surface area (Å²) in [5, 5.41) is 8.30. The van der Waals surface area contributed by atoms with Crippen molar-refractivity contribution in [2.24, 2.45) is 18.0 Å². The highest BCUT2D eigenvalue weighted by molar-refractivity contribution is 5.80. The number of aliphatic imine (C=N–C) groups is 1. The third-order valence-electron chi connectivity index (χ3n) is 5.96. The monoisotopic (exact) mass is 360 g/mol. The summed E-state index contributed by atoms with van der Waals surface area (Å²) < 4.78 is 2.04. The van der Waals surface area contributed by atoms with E-state index in [0.29, 0.717) is 0 Å². The van der Waals surface area contributed by atoms with Gasteiger partial charge in [-0.05, 0) is 51.1 Å². The second-order valence-corrected chi connectivity index (χ2v) is 7.71. The molecule has 6 nitrogen and oxygen atoms in total. The highest BCUT2D eigenvalue weighted by atomic mass is 15.3. The Bertz CT molecular complexity index is 614. The van der Waals surface area contributed by atoms with Crippen molar-refractivity contribution >= 4 is 5.96 Å². The Morgan fingerprint density at radius 2 is 1.96 bits per heavy atom. The molecule has 1 atom stereocenters.